The van der Waals surface area contributed by atoms with Gasteiger partial charge in [0.05, 0.1) is 19.2 Å². The van der Waals surface area contributed by atoms with Crippen molar-refractivity contribution in [3.63, 3.8) is 0 Å². The standard InChI is InChI=1S/C13H8ClN3O3/c1-20-11(18)9(5-15)13(6-16)8-4-7(14)2-3-10(8)17-12(13)19/h2-4,9H,1H3,(H,17,19). The summed E-state index contributed by atoms with van der Waals surface area (Å²) in [5.74, 6) is -3.26. The zero-order valence-corrected chi connectivity index (χ0v) is 11.1. The predicted molar refractivity (Wildman–Crippen MR) is 68.5 cm³/mol. The van der Waals surface area contributed by atoms with Crippen molar-refractivity contribution >= 4 is 29.2 Å². The van der Waals surface area contributed by atoms with Gasteiger partial charge in [0.15, 0.2) is 11.3 Å². The van der Waals surface area contributed by atoms with Crippen LogP contribution >= 0.6 is 11.6 Å². The van der Waals surface area contributed by atoms with Gasteiger partial charge in [-0.1, -0.05) is 11.6 Å². The van der Waals surface area contributed by atoms with Crippen molar-refractivity contribution in [2.45, 2.75) is 5.41 Å². The Balaban J connectivity index is 2.72. The first kappa shape index (κ1) is 13.9. The van der Waals surface area contributed by atoms with E-state index in [4.69, 9.17) is 11.6 Å². The van der Waals surface area contributed by atoms with Gasteiger partial charge >= 0.3 is 5.97 Å². The Morgan fingerprint density at radius 3 is 2.75 bits per heavy atom. The first-order valence-corrected chi connectivity index (χ1v) is 5.89. The molecule has 0 radical (unpaired) electrons. The highest BCUT2D eigenvalue weighted by molar-refractivity contribution is 6.31. The van der Waals surface area contributed by atoms with Crippen LogP contribution in [-0.4, -0.2) is 19.0 Å². The monoisotopic (exact) mass is 289 g/mol. The van der Waals surface area contributed by atoms with Crippen molar-refractivity contribution in [3.05, 3.63) is 28.8 Å². The summed E-state index contributed by atoms with van der Waals surface area (Å²) >= 11 is 5.87. The SMILES string of the molecule is COC(=O)C(C#N)C1(C#N)C(=O)Nc2ccc(Cl)cc21. The number of halogens is 1. The number of hydrogen-bond acceptors (Lipinski definition) is 5. The molecule has 1 heterocycles. The molecular formula is C13H8ClN3O3. The Kier molecular flexibility index (Phi) is 3.35. The molecule has 1 aromatic carbocycles. The summed E-state index contributed by atoms with van der Waals surface area (Å²) in [5.41, 5.74) is -1.40. The van der Waals surface area contributed by atoms with Gasteiger partial charge in [-0.25, -0.2) is 0 Å². The fourth-order valence-corrected chi connectivity index (χ4v) is 2.37. The summed E-state index contributed by atoms with van der Waals surface area (Å²) in [6, 6.07) is 7.90. The van der Waals surface area contributed by atoms with E-state index in [2.05, 4.69) is 10.1 Å². The van der Waals surface area contributed by atoms with Gasteiger partial charge in [-0.2, -0.15) is 10.5 Å². The van der Waals surface area contributed by atoms with Crippen LogP contribution in [0.25, 0.3) is 0 Å². The van der Waals surface area contributed by atoms with E-state index in [0.717, 1.165) is 7.11 Å². The third kappa shape index (κ3) is 1.70. The fraction of sp³-hybridized carbons (Fsp3) is 0.231. The molecule has 0 fully saturated rings. The van der Waals surface area contributed by atoms with Crippen LogP contribution in [0.3, 0.4) is 0 Å². The van der Waals surface area contributed by atoms with E-state index in [0.29, 0.717) is 10.7 Å². The molecule has 2 atom stereocenters. The van der Waals surface area contributed by atoms with Gasteiger partial charge in [-0.3, -0.25) is 9.59 Å². The number of hydrogen-bond donors (Lipinski definition) is 1. The lowest BCUT2D eigenvalue weighted by Gasteiger charge is -2.22. The van der Waals surface area contributed by atoms with Crippen molar-refractivity contribution in [2.75, 3.05) is 12.4 Å². The zero-order chi connectivity index (χ0) is 14.9. The lowest BCUT2D eigenvalue weighted by molar-refractivity contribution is -0.146. The predicted octanol–water partition coefficient (Wildman–Crippen LogP) is 1.37. The second kappa shape index (κ2) is 4.84. The van der Waals surface area contributed by atoms with Crippen LogP contribution in [0, 0.1) is 28.6 Å². The van der Waals surface area contributed by atoms with Gasteiger partial charge < -0.3 is 10.1 Å². The van der Waals surface area contributed by atoms with Crippen LogP contribution < -0.4 is 5.32 Å². The molecule has 6 nitrogen and oxygen atoms in total. The van der Waals surface area contributed by atoms with Crippen LogP contribution in [0.4, 0.5) is 5.69 Å². The molecule has 0 saturated carbocycles. The van der Waals surface area contributed by atoms with Crippen LogP contribution in [0.15, 0.2) is 18.2 Å². The van der Waals surface area contributed by atoms with Gasteiger partial charge in [0.1, 0.15) is 0 Å². The quantitative estimate of drug-likeness (QED) is 0.828. The second-order valence-electron chi connectivity index (χ2n) is 4.15. The summed E-state index contributed by atoms with van der Waals surface area (Å²) < 4.78 is 4.51. The molecule has 2 rings (SSSR count). The smallest absolute Gasteiger partial charge is 0.325 e. The molecule has 0 aliphatic carbocycles. The molecule has 7 heteroatoms. The number of carbonyl (C=O) groups excluding carboxylic acids is 2. The van der Waals surface area contributed by atoms with E-state index in [1.165, 1.54) is 18.2 Å². The maximum absolute atomic E-state index is 12.2. The van der Waals surface area contributed by atoms with E-state index in [9.17, 15) is 20.1 Å². The molecule has 2 unspecified atom stereocenters. The van der Waals surface area contributed by atoms with E-state index in [-0.39, 0.29) is 5.56 Å². The van der Waals surface area contributed by atoms with Crippen LogP contribution in [-0.2, 0) is 19.7 Å². The van der Waals surface area contributed by atoms with Crippen molar-refractivity contribution < 1.29 is 14.3 Å². The molecule has 1 N–H and O–H groups in total. The van der Waals surface area contributed by atoms with Gasteiger partial charge in [0, 0.05) is 16.3 Å². The number of nitrogens with zero attached hydrogens (tertiary/aromatic N) is 2. The van der Waals surface area contributed by atoms with Crippen molar-refractivity contribution in [2.24, 2.45) is 5.92 Å². The fourth-order valence-electron chi connectivity index (χ4n) is 2.20. The molecule has 1 aliphatic rings. The molecule has 1 aromatic rings. The average molecular weight is 290 g/mol. The minimum atomic E-state index is -1.96. The summed E-state index contributed by atoms with van der Waals surface area (Å²) in [6.07, 6.45) is 0. The molecular weight excluding hydrogens is 282 g/mol. The van der Waals surface area contributed by atoms with Crippen molar-refractivity contribution in [1.29, 1.82) is 10.5 Å². The van der Waals surface area contributed by atoms with E-state index >= 15 is 0 Å². The lowest BCUT2D eigenvalue weighted by Crippen LogP contribution is -2.44. The van der Waals surface area contributed by atoms with Gasteiger partial charge in [-0.15, -0.1) is 0 Å². The first-order valence-electron chi connectivity index (χ1n) is 5.51. The lowest BCUT2D eigenvalue weighted by atomic mass is 9.72. The number of fused-ring (bicyclic) bond motifs is 1. The largest absolute Gasteiger partial charge is 0.468 e. The number of amides is 1. The maximum atomic E-state index is 12.2. The van der Waals surface area contributed by atoms with Gasteiger partial charge in [0.25, 0.3) is 5.91 Å². The molecule has 1 aliphatic heterocycles. The third-order valence-electron chi connectivity index (χ3n) is 3.19. The van der Waals surface area contributed by atoms with E-state index in [1.54, 1.807) is 12.1 Å². The summed E-state index contributed by atoms with van der Waals surface area (Å²) in [4.78, 5) is 23.9. The summed E-state index contributed by atoms with van der Waals surface area (Å²) in [5, 5.41) is 21.4. The zero-order valence-electron chi connectivity index (χ0n) is 10.3. The van der Waals surface area contributed by atoms with Crippen molar-refractivity contribution in [1.82, 2.24) is 0 Å². The van der Waals surface area contributed by atoms with E-state index < -0.39 is 23.2 Å². The Bertz CT molecular complexity index is 689. The minimum absolute atomic E-state index is 0.203. The molecule has 20 heavy (non-hydrogen) atoms. The van der Waals surface area contributed by atoms with Crippen LogP contribution in [0.2, 0.25) is 5.02 Å². The van der Waals surface area contributed by atoms with Crippen LogP contribution in [0.1, 0.15) is 5.56 Å². The van der Waals surface area contributed by atoms with Gasteiger partial charge in [0.2, 0.25) is 0 Å². The Labute approximate surface area is 119 Å². The van der Waals surface area contributed by atoms with Crippen LogP contribution in [0.5, 0.6) is 0 Å². The second-order valence-corrected chi connectivity index (χ2v) is 4.59. The Morgan fingerprint density at radius 1 is 1.50 bits per heavy atom. The number of carbonyl (C=O) groups is 2. The number of methoxy groups -OCH3 is 1. The topological polar surface area (TPSA) is 103 Å². The number of nitriles is 2. The average Bonchev–Trinajstić information content (AvgIpc) is 2.72. The Morgan fingerprint density at radius 2 is 2.20 bits per heavy atom. The molecule has 0 aromatic heterocycles. The number of ether oxygens (including phenoxy) is 1. The van der Waals surface area contributed by atoms with E-state index in [1.807, 2.05) is 0 Å². The highest BCUT2D eigenvalue weighted by atomic mass is 35.5. The summed E-state index contributed by atoms with van der Waals surface area (Å²) in [6.45, 7) is 0. The Hall–Kier alpha value is -2.57. The van der Waals surface area contributed by atoms with Crippen molar-refractivity contribution in [3.8, 4) is 12.1 Å². The normalized spacial score (nSPS) is 21.1. The van der Waals surface area contributed by atoms with Gasteiger partial charge in [-0.05, 0) is 18.2 Å². The number of rotatable bonds is 2. The maximum Gasteiger partial charge on any atom is 0.325 e. The molecule has 0 saturated heterocycles. The molecule has 0 bridgehead atoms. The number of nitrogens with one attached hydrogen (secondary N) is 1. The highest BCUT2D eigenvalue weighted by Gasteiger charge is 2.57. The number of benzene rings is 1. The highest BCUT2D eigenvalue weighted by Crippen LogP contribution is 2.44. The minimum Gasteiger partial charge on any atom is -0.468 e. The molecule has 1 amide bonds. The number of anilines is 1. The molecule has 100 valence electrons. The molecule has 0 spiro atoms. The first-order chi connectivity index (χ1) is 9.51. The number of esters is 1. The third-order valence-corrected chi connectivity index (χ3v) is 3.42. The summed E-state index contributed by atoms with van der Waals surface area (Å²) in [7, 11) is 1.09.